The van der Waals surface area contributed by atoms with E-state index in [1.165, 1.54) is 0 Å². The molecule has 7 heteroatoms. The van der Waals surface area contributed by atoms with Gasteiger partial charge in [-0.25, -0.2) is 4.68 Å². The van der Waals surface area contributed by atoms with E-state index in [4.69, 9.17) is 9.84 Å². The fraction of sp³-hybridized carbons (Fsp3) is 0.577. The number of likely N-dealkylation sites (N-methyl/N-ethyl adjacent to an activating group) is 1. The molecular formula is C26H36N4O3. The van der Waals surface area contributed by atoms with Crippen LogP contribution in [0.2, 0.25) is 0 Å². The van der Waals surface area contributed by atoms with Gasteiger partial charge in [-0.05, 0) is 70.7 Å². The zero-order valence-electron chi connectivity index (χ0n) is 20.2. The molecule has 0 bridgehead atoms. The first-order valence-electron chi connectivity index (χ1n) is 12.4. The molecule has 1 atom stereocenters. The molecule has 0 saturated carbocycles. The number of likely N-dealkylation sites (tertiary alicyclic amines) is 1. The van der Waals surface area contributed by atoms with E-state index in [2.05, 4.69) is 30.9 Å². The van der Waals surface area contributed by atoms with Crippen molar-refractivity contribution in [3.8, 4) is 5.69 Å². The van der Waals surface area contributed by atoms with E-state index >= 15 is 0 Å². The number of esters is 1. The van der Waals surface area contributed by atoms with E-state index in [9.17, 15) is 9.59 Å². The minimum Gasteiger partial charge on any atom is -0.466 e. The number of aromatic nitrogens is 2. The van der Waals surface area contributed by atoms with Gasteiger partial charge in [-0.3, -0.25) is 14.5 Å². The summed E-state index contributed by atoms with van der Waals surface area (Å²) in [5.41, 5.74) is 4.94. The number of fused-ring (bicyclic) bond motifs is 1. The Morgan fingerprint density at radius 2 is 2.00 bits per heavy atom. The van der Waals surface area contributed by atoms with Crippen LogP contribution in [0.5, 0.6) is 0 Å². The Bertz CT molecular complexity index is 999. The van der Waals surface area contributed by atoms with Crippen molar-refractivity contribution in [2.75, 3.05) is 32.8 Å². The highest BCUT2D eigenvalue weighted by molar-refractivity contribution is 5.94. The standard InChI is InChI=1S/C26H36N4O3/c1-4-28-16-9-11-20(28)18-29(17-15-24(31)33-5-2)26(32)25-21-12-8-14-23(21)30(27-25)22-13-7-6-10-19(22)3/h6-7,10,13,20H,4-5,8-9,11-12,14-18H2,1-3H3. The van der Waals surface area contributed by atoms with E-state index in [1.807, 2.05) is 21.7 Å². The predicted molar refractivity (Wildman–Crippen MR) is 128 cm³/mol. The number of hydrogen-bond acceptors (Lipinski definition) is 5. The van der Waals surface area contributed by atoms with Crippen LogP contribution in [-0.4, -0.2) is 70.3 Å². The molecule has 1 aromatic heterocycles. The van der Waals surface area contributed by atoms with Gasteiger partial charge in [0.05, 0.1) is 18.7 Å². The van der Waals surface area contributed by atoms with Crippen LogP contribution in [0.25, 0.3) is 5.69 Å². The number of benzene rings is 1. The molecule has 0 spiro atoms. The fourth-order valence-corrected chi connectivity index (χ4v) is 5.27. The van der Waals surface area contributed by atoms with E-state index in [-0.39, 0.29) is 18.3 Å². The minimum absolute atomic E-state index is 0.0623. The average Bonchev–Trinajstić information content (AvgIpc) is 3.53. The quantitative estimate of drug-likeness (QED) is 0.545. The number of aryl methyl sites for hydroxylation is 1. The molecule has 1 aromatic carbocycles. The van der Waals surface area contributed by atoms with Gasteiger partial charge in [0.25, 0.3) is 5.91 Å². The van der Waals surface area contributed by atoms with Crippen LogP contribution < -0.4 is 0 Å². The molecule has 4 rings (SSSR count). The summed E-state index contributed by atoms with van der Waals surface area (Å²) < 4.78 is 7.11. The van der Waals surface area contributed by atoms with E-state index < -0.39 is 0 Å². The molecule has 33 heavy (non-hydrogen) atoms. The normalized spacial score (nSPS) is 17.8. The van der Waals surface area contributed by atoms with Crippen molar-refractivity contribution in [3.63, 3.8) is 0 Å². The summed E-state index contributed by atoms with van der Waals surface area (Å²) >= 11 is 0. The molecule has 1 saturated heterocycles. The molecule has 1 aliphatic heterocycles. The van der Waals surface area contributed by atoms with Gasteiger partial charge in [0.2, 0.25) is 0 Å². The SMILES string of the molecule is CCOC(=O)CCN(CC1CCCN1CC)C(=O)c1nn(-c2ccccc2C)c2c1CCC2. The van der Waals surface area contributed by atoms with Crippen LogP contribution in [0.1, 0.15) is 66.8 Å². The maximum Gasteiger partial charge on any atom is 0.307 e. The number of ether oxygens (including phenoxy) is 1. The van der Waals surface area contributed by atoms with Gasteiger partial charge < -0.3 is 9.64 Å². The maximum absolute atomic E-state index is 13.9. The van der Waals surface area contributed by atoms with Gasteiger partial charge in [-0.15, -0.1) is 0 Å². The highest BCUT2D eigenvalue weighted by Gasteiger charge is 2.33. The number of rotatable bonds is 9. The summed E-state index contributed by atoms with van der Waals surface area (Å²) in [5, 5.41) is 4.86. The lowest BCUT2D eigenvalue weighted by molar-refractivity contribution is -0.143. The topological polar surface area (TPSA) is 67.7 Å². The Morgan fingerprint density at radius 1 is 1.18 bits per heavy atom. The van der Waals surface area contributed by atoms with Gasteiger partial charge in [0, 0.05) is 30.4 Å². The van der Waals surface area contributed by atoms with Crippen molar-refractivity contribution in [1.29, 1.82) is 0 Å². The zero-order valence-corrected chi connectivity index (χ0v) is 20.2. The Labute approximate surface area is 196 Å². The first-order chi connectivity index (χ1) is 16.0. The molecule has 0 radical (unpaired) electrons. The molecule has 2 aromatic rings. The first-order valence-corrected chi connectivity index (χ1v) is 12.4. The molecule has 1 amide bonds. The van der Waals surface area contributed by atoms with Crippen LogP contribution >= 0.6 is 0 Å². The number of carbonyl (C=O) groups excluding carboxylic acids is 2. The van der Waals surface area contributed by atoms with Gasteiger partial charge in [0.15, 0.2) is 5.69 Å². The van der Waals surface area contributed by atoms with Crippen LogP contribution in [0, 0.1) is 6.92 Å². The average molecular weight is 453 g/mol. The van der Waals surface area contributed by atoms with Gasteiger partial charge in [-0.1, -0.05) is 25.1 Å². The largest absolute Gasteiger partial charge is 0.466 e. The van der Waals surface area contributed by atoms with Crippen LogP contribution in [0.3, 0.4) is 0 Å². The molecule has 1 aliphatic carbocycles. The number of amides is 1. The third-order valence-corrected chi connectivity index (χ3v) is 6.99. The molecular weight excluding hydrogens is 416 g/mol. The monoisotopic (exact) mass is 452 g/mol. The summed E-state index contributed by atoms with van der Waals surface area (Å²) in [7, 11) is 0. The molecule has 2 heterocycles. The van der Waals surface area contributed by atoms with E-state index in [1.54, 1.807) is 6.92 Å². The summed E-state index contributed by atoms with van der Waals surface area (Å²) in [6.45, 7) is 9.42. The lowest BCUT2D eigenvalue weighted by Gasteiger charge is -2.30. The Hall–Kier alpha value is -2.67. The highest BCUT2D eigenvalue weighted by atomic mass is 16.5. The lowest BCUT2D eigenvalue weighted by atomic mass is 10.1. The zero-order chi connectivity index (χ0) is 23.4. The van der Waals surface area contributed by atoms with Crippen molar-refractivity contribution in [2.24, 2.45) is 0 Å². The van der Waals surface area contributed by atoms with E-state index in [0.717, 1.165) is 67.7 Å². The van der Waals surface area contributed by atoms with Crippen LogP contribution in [0.15, 0.2) is 24.3 Å². The highest BCUT2D eigenvalue weighted by Crippen LogP contribution is 2.30. The van der Waals surface area contributed by atoms with Crippen molar-refractivity contribution < 1.29 is 14.3 Å². The molecule has 7 nitrogen and oxygen atoms in total. The second-order valence-corrected chi connectivity index (χ2v) is 9.06. The van der Waals surface area contributed by atoms with Crippen molar-refractivity contribution in [3.05, 3.63) is 46.8 Å². The Balaban J connectivity index is 1.63. The Kier molecular flexibility index (Phi) is 7.48. The molecule has 178 valence electrons. The summed E-state index contributed by atoms with van der Waals surface area (Å²) in [6.07, 6.45) is 5.27. The fourth-order valence-electron chi connectivity index (χ4n) is 5.27. The van der Waals surface area contributed by atoms with Gasteiger partial charge in [-0.2, -0.15) is 5.10 Å². The van der Waals surface area contributed by atoms with Crippen molar-refractivity contribution in [2.45, 2.75) is 65.3 Å². The predicted octanol–water partition coefficient (Wildman–Crippen LogP) is 3.55. The Morgan fingerprint density at radius 3 is 2.76 bits per heavy atom. The molecule has 1 unspecified atom stereocenters. The second-order valence-electron chi connectivity index (χ2n) is 9.06. The number of carbonyl (C=O) groups is 2. The smallest absolute Gasteiger partial charge is 0.307 e. The number of nitrogens with zero attached hydrogens (tertiary/aromatic N) is 4. The van der Waals surface area contributed by atoms with Gasteiger partial charge >= 0.3 is 5.97 Å². The summed E-state index contributed by atoms with van der Waals surface area (Å²) in [5.74, 6) is -0.322. The molecule has 1 fully saturated rings. The van der Waals surface area contributed by atoms with Gasteiger partial charge in [0.1, 0.15) is 0 Å². The first kappa shape index (κ1) is 23.5. The number of para-hydroxylation sites is 1. The molecule has 2 aliphatic rings. The molecule has 0 N–H and O–H groups in total. The number of hydrogen-bond donors (Lipinski definition) is 0. The second kappa shape index (κ2) is 10.5. The minimum atomic E-state index is -0.260. The van der Waals surface area contributed by atoms with E-state index in [0.29, 0.717) is 31.4 Å². The third kappa shape index (κ3) is 4.98. The van der Waals surface area contributed by atoms with Crippen molar-refractivity contribution >= 4 is 11.9 Å². The van der Waals surface area contributed by atoms with Crippen molar-refractivity contribution in [1.82, 2.24) is 19.6 Å². The maximum atomic E-state index is 13.9. The lowest BCUT2D eigenvalue weighted by Crippen LogP contribution is -2.44. The summed E-state index contributed by atoms with van der Waals surface area (Å²) in [6, 6.07) is 8.49. The third-order valence-electron chi connectivity index (χ3n) is 6.99. The summed E-state index contributed by atoms with van der Waals surface area (Å²) in [4.78, 5) is 30.2. The van der Waals surface area contributed by atoms with Crippen LogP contribution in [0.4, 0.5) is 0 Å². The van der Waals surface area contributed by atoms with Crippen LogP contribution in [-0.2, 0) is 22.4 Å².